The van der Waals surface area contributed by atoms with Gasteiger partial charge in [-0.3, -0.25) is 19.4 Å². The third-order valence-electron chi connectivity index (χ3n) is 11.6. The number of primary amides is 1. The molecule has 7 rings (SSSR count). The molecule has 56 heavy (non-hydrogen) atoms. The Balaban J connectivity index is 1.20. The summed E-state index contributed by atoms with van der Waals surface area (Å²) in [6.07, 6.45) is 6.71. The van der Waals surface area contributed by atoms with Gasteiger partial charge in [0.25, 0.3) is 5.56 Å². The highest BCUT2D eigenvalue weighted by Crippen LogP contribution is 2.35. The molecule has 5 heterocycles. The minimum Gasteiger partial charge on any atom is -0.506 e. The van der Waals surface area contributed by atoms with E-state index in [4.69, 9.17) is 5.73 Å². The number of phenols is 1. The number of anilines is 1. The van der Waals surface area contributed by atoms with E-state index in [0.717, 1.165) is 42.5 Å². The van der Waals surface area contributed by atoms with Crippen molar-refractivity contribution >= 4 is 66.3 Å². The number of phenolic OH excluding ortho intramolecular Hbond substituents is 1. The number of amides is 4. The molecule has 3 aliphatic heterocycles. The summed E-state index contributed by atoms with van der Waals surface area (Å²) in [6.45, 7) is 4.42. The third-order valence-corrected chi connectivity index (χ3v) is 12.8. The van der Waals surface area contributed by atoms with Crippen molar-refractivity contribution in [3.8, 4) is 5.75 Å². The summed E-state index contributed by atoms with van der Waals surface area (Å²) in [6, 6.07) is 14.4. The highest BCUT2D eigenvalue weighted by molar-refractivity contribution is 9.11. The number of rotatable bonds is 10. The van der Waals surface area contributed by atoms with Crippen LogP contribution in [0.5, 0.6) is 5.75 Å². The van der Waals surface area contributed by atoms with Crippen LogP contribution in [0.4, 0.5) is 10.5 Å². The topological polar surface area (TPSA) is 168 Å². The first kappa shape index (κ1) is 39.8. The number of piperazine rings is 1. The monoisotopic (exact) mass is 890 g/mol. The Morgan fingerprint density at radius 3 is 2.20 bits per heavy atom. The van der Waals surface area contributed by atoms with Gasteiger partial charge in [0.15, 0.2) is 0 Å². The fourth-order valence-corrected chi connectivity index (χ4v) is 9.79. The zero-order valence-corrected chi connectivity index (χ0v) is 34.4. The number of aromatic amines is 1. The van der Waals surface area contributed by atoms with Crippen molar-refractivity contribution in [2.45, 2.75) is 56.5 Å². The second kappa shape index (κ2) is 17.8. The maximum atomic E-state index is 15.1. The Kier molecular flexibility index (Phi) is 12.6. The Hall–Kier alpha value is -4.47. The second-order valence-electron chi connectivity index (χ2n) is 15.1. The van der Waals surface area contributed by atoms with E-state index < -0.39 is 24.0 Å². The molecular formula is C41H48Br2N8O5. The summed E-state index contributed by atoms with van der Waals surface area (Å²) < 4.78 is 0.839. The van der Waals surface area contributed by atoms with Crippen LogP contribution in [0.2, 0.25) is 0 Å². The van der Waals surface area contributed by atoms with Crippen molar-refractivity contribution < 1.29 is 19.5 Å². The zero-order chi connectivity index (χ0) is 39.3. The number of hydrogen-bond donors (Lipinski definition) is 4. The fourth-order valence-electron chi connectivity index (χ4n) is 8.51. The molecule has 0 bridgehead atoms. The van der Waals surface area contributed by atoms with Crippen LogP contribution >= 0.6 is 31.9 Å². The molecule has 0 spiro atoms. The number of piperidine rings is 2. The van der Waals surface area contributed by atoms with E-state index in [2.05, 4.69) is 52.0 Å². The summed E-state index contributed by atoms with van der Waals surface area (Å²) in [5.41, 5.74) is 9.26. The van der Waals surface area contributed by atoms with Crippen molar-refractivity contribution in [2.24, 2.45) is 11.7 Å². The third kappa shape index (κ3) is 8.89. The SMILES string of the molecule is NC(=O)[C@H](Cc1cc(Br)c(O)c(Br)c1)N(C(=O)N1CCC(c2cc3ccccc3[nH]c2=O)CC1)[C@@H](CC1CCNCC1)C(=O)N1CCN(c2ccncc2)CC1. The fraction of sp³-hybridized carbons (Fsp3) is 0.439. The van der Waals surface area contributed by atoms with Crippen molar-refractivity contribution in [1.29, 1.82) is 0 Å². The van der Waals surface area contributed by atoms with Gasteiger partial charge >= 0.3 is 6.03 Å². The number of nitrogens with two attached hydrogens (primary N) is 1. The zero-order valence-electron chi connectivity index (χ0n) is 31.2. The summed E-state index contributed by atoms with van der Waals surface area (Å²) in [5.74, 6) is -0.821. The molecule has 0 unspecified atom stereocenters. The number of likely N-dealkylation sites (tertiary alicyclic amines) is 1. The van der Waals surface area contributed by atoms with E-state index in [9.17, 15) is 19.5 Å². The molecule has 3 aliphatic rings. The first-order valence-electron chi connectivity index (χ1n) is 19.4. The van der Waals surface area contributed by atoms with Gasteiger partial charge in [0, 0.05) is 74.9 Å². The lowest BCUT2D eigenvalue weighted by Gasteiger charge is -2.45. The minimum absolute atomic E-state index is 0.00954. The van der Waals surface area contributed by atoms with Crippen LogP contribution in [-0.2, 0) is 16.0 Å². The number of hydrogen-bond acceptors (Lipinski definition) is 8. The molecule has 2 aromatic heterocycles. The number of pyridine rings is 2. The highest BCUT2D eigenvalue weighted by atomic mass is 79.9. The molecule has 5 N–H and O–H groups in total. The first-order valence-corrected chi connectivity index (χ1v) is 21.0. The predicted octanol–water partition coefficient (Wildman–Crippen LogP) is 4.96. The van der Waals surface area contributed by atoms with Gasteiger partial charge in [-0.1, -0.05) is 18.2 Å². The number of urea groups is 1. The molecule has 4 aromatic rings. The molecule has 13 nitrogen and oxygen atoms in total. The van der Waals surface area contributed by atoms with Crippen molar-refractivity contribution in [3.05, 3.63) is 97.4 Å². The number of carbonyl (C=O) groups is 3. The van der Waals surface area contributed by atoms with E-state index in [1.165, 1.54) is 4.90 Å². The van der Waals surface area contributed by atoms with Crippen LogP contribution in [0, 0.1) is 5.92 Å². The van der Waals surface area contributed by atoms with Crippen LogP contribution in [0.15, 0.2) is 80.7 Å². The highest BCUT2D eigenvalue weighted by Gasteiger charge is 2.44. The molecular weight excluding hydrogens is 844 g/mol. The lowest BCUT2D eigenvalue weighted by atomic mass is 9.88. The van der Waals surface area contributed by atoms with Gasteiger partial charge in [0.1, 0.15) is 17.8 Å². The molecule has 15 heteroatoms. The van der Waals surface area contributed by atoms with E-state index >= 15 is 4.79 Å². The predicted molar refractivity (Wildman–Crippen MR) is 223 cm³/mol. The molecule has 2 atom stereocenters. The molecule has 4 amide bonds. The minimum atomic E-state index is -1.17. The Morgan fingerprint density at radius 2 is 1.54 bits per heavy atom. The molecule has 0 saturated carbocycles. The number of halogens is 2. The second-order valence-corrected chi connectivity index (χ2v) is 16.8. The van der Waals surface area contributed by atoms with Gasteiger partial charge in [-0.2, -0.15) is 0 Å². The number of aromatic nitrogens is 2. The molecule has 0 aliphatic carbocycles. The van der Waals surface area contributed by atoms with Gasteiger partial charge in [-0.25, -0.2) is 4.79 Å². The Morgan fingerprint density at radius 1 is 0.875 bits per heavy atom. The number of H-pyrrole nitrogens is 1. The number of aromatic hydroxyl groups is 1. The number of fused-ring (bicyclic) bond motifs is 1. The summed E-state index contributed by atoms with van der Waals surface area (Å²) >= 11 is 6.81. The molecule has 2 aromatic carbocycles. The van der Waals surface area contributed by atoms with Crippen LogP contribution in [0.1, 0.15) is 49.1 Å². The van der Waals surface area contributed by atoms with Crippen LogP contribution in [0.3, 0.4) is 0 Å². The van der Waals surface area contributed by atoms with Crippen molar-refractivity contribution in [1.82, 2.24) is 30.0 Å². The maximum absolute atomic E-state index is 15.1. The van der Waals surface area contributed by atoms with E-state index in [-0.39, 0.29) is 35.5 Å². The standard InChI is InChI=1S/C41H48Br2N8O5/c42-32-21-27(22-33(43)37(32)52)24-35(38(44)53)51(41(56)50-15-9-28(10-16-50)31-25-29-3-1-2-4-34(29)47-39(31)54)36(23-26-5-11-45-12-6-26)40(55)49-19-17-48(18-20-49)30-7-13-46-14-8-30/h1-4,7-8,13-14,21-22,25-26,28,35-36,45,52H,5-6,9-12,15-20,23-24H2,(H2,44,53)(H,47,54)/t35-,36-/m0/s1. The van der Waals surface area contributed by atoms with E-state index in [1.807, 2.05) is 47.4 Å². The largest absolute Gasteiger partial charge is 0.506 e. The number of nitrogens with zero attached hydrogens (tertiary/aromatic N) is 5. The number of benzene rings is 2. The molecule has 296 valence electrons. The molecule has 3 saturated heterocycles. The lowest BCUT2D eigenvalue weighted by Crippen LogP contribution is -2.63. The van der Waals surface area contributed by atoms with Crippen molar-refractivity contribution in [3.63, 3.8) is 0 Å². The summed E-state index contributed by atoms with van der Waals surface area (Å²) in [7, 11) is 0. The average molecular weight is 893 g/mol. The quantitative estimate of drug-likeness (QED) is 0.174. The molecule has 3 fully saturated rings. The van der Waals surface area contributed by atoms with Gasteiger partial charge < -0.3 is 40.7 Å². The van der Waals surface area contributed by atoms with Gasteiger partial charge in [-0.05, 0) is 136 Å². The Labute approximate surface area is 342 Å². The lowest BCUT2D eigenvalue weighted by molar-refractivity contribution is -0.139. The number of para-hydroxylation sites is 1. The summed E-state index contributed by atoms with van der Waals surface area (Å²) in [5, 5.41) is 14.8. The number of nitrogens with one attached hydrogen (secondary N) is 2. The van der Waals surface area contributed by atoms with Gasteiger partial charge in [0.2, 0.25) is 11.8 Å². The summed E-state index contributed by atoms with van der Waals surface area (Å²) in [4.78, 5) is 71.4. The smallest absolute Gasteiger partial charge is 0.321 e. The Bertz CT molecular complexity index is 2070. The van der Waals surface area contributed by atoms with Gasteiger partial charge in [0.05, 0.1) is 8.95 Å². The molecule has 0 radical (unpaired) electrons. The van der Waals surface area contributed by atoms with Crippen LogP contribution in [-0.4, -0.2) is 112 Å². The van der Waals surface area contributed by atoms with Crippen LogP contribution < -0.4 is 21.5 Å². The first-order chi connectivity index (χ1) is 27.1. The maximum Gasteiger partial charge on any atom is 0.321 e. The van der Waals surface area contributed by atoms with Crippen molar-refractivity contribution in [2.75, 3.05) is 57.3 Å². The average Bonchev–Trinajstić information content (AvgIpc) is 3.22. The normalized spacial score (nSPS) is 18.1. The van der Waals surface area contributed by atoms with Gasteiger partial charge in [-0.15, -0.1) is 0 Å². The number of carbonyl (C=O) groups excluding carboxylic acids is 3. The van der Waals surface area contributed by atoms with E-state index in [1.54, 1.807) is 29.4 Å². The van der Waals surface area contributed by atoms with Crippen LogP contribution in [0.25, 0.3) is 10.9 Å². The van der Waals surface area contributed by atoms with E-state index in [0.29, 0.717) is 78.6 Å².